The summed E-state index contributed by atoms with van der Waals surface area (Å²) in [5, 5.41) is -0.286. The second kappa shape index (κ2) is 7.62. The van der Waals surface area contributed by atoms with Crippen LogP contribution in [0.15, 0.2) is 30.3 Å². The van der Waals surface area contributed by atoms with Crippen LogP contribution >= 0.6 is 12.6 Å². The average molecular weight is 408 g/mol. The number of carbonyl (C=O) groups excluding carboxylic acids is 1. The predicted octanol–water partition coefficient (Wildman–Crippen LogP) is -0.188. The second-order valence-corrected chi connectivity index (χ2v) is 10.5. The summed E-state index contributed by atoms with van der Waals surface area (Å²) >= 11 is 4.25. The highest BCUT2D eigenvalue weighted by Gasteiger charge is 2.41. The molecule has 0 unspecified atom stereocenters. The molecular weight excluding hydrogens is 386 g/mol. The molecule has 1 fully saturated rings. The number of thiol groups is 1. The number of hydrogen-bond acceptors (Lipinski definition) is 6. The van der Waals surface area contributed by atoms with Gasteiger partial charge in [0.05, 0.1) is 19.1 Å². The molecule has 140 valence electrons. The largest absolute Gasteiger partial charge is 0.274 e. The topological polar surface area (TPSA) is 104 Å². The molecule has 2 atom stereocenters. The maximum atomic E-state index is 12.5. The number of rotatable bonds is 6. The smallest absolute Gasteiger partial charge is 0.253 e. The predicted molar refractivity (Wildman–Crippen MR) is 97.7 cm³/mol. The Kier molecular flexibility index (Phi) is 6.15. The minimum atomic E-state index is -3.74. The van der Waals surface area contributed by atoms with Gasteiger partial charge in [-0.2, -0.15) is 16.9 Å². The van der Waals surface area contributed by atoms with Gasteiger partial charge < -0.3 is 0 Å². The van der Waals surface area contributed by atoms with Crippen LogP contribution in [0, 0.1) is 0 Å². The summed E-state index contributed by atoms with van der Waals surface area (Å²) in [5.74, 6) is -0.691. The maximum absolute atomic E-state index is 12.5. The lowest BCUT2D eigenvalue weighted by Crippen LogP contribution is -2.52. The van der Waals surface area contributed by atoms with Crippen molar-refractivity contribution >= 4 is 38.6 Å². The number of hydrazine groups is 1. The number of amides is 1. The van der Waals surface area contributed by atoms with Gasteiger partial charge in [0, 0.05) is 11.8 Å². The zero-order valence-corrected chi connectivity index (χ0v) is 16.4. The van der Waals surface area contributed by atoms with Gasteiger partial charge in [0.25, 0.3) is 5.91 Å². The van der Waals surface area contributed by atoms with Gasteiger partial charge in [-0.15, -0.1) is 4.41 Å². The molecule has 1 aliphatic rings. The first-order valence-electron chi connectivity index (χ1n) is 7.45. The Morgan fingerprint density at radius 1 is 1.24 bits per heavy atom. The Morgan fingerprint density at radius 2 is 1.84 bits per heavy atom. The fraction of sp³-hybridized carbons (Fsp3) is 0.500. The van der Waals surface area contributed by atoms with Crippen molar-refractivity contribution in [1.82, 2.24) is 14.1 Å². The van der Waals surface area contributed by atoms with E-state index in [1.165, 1.54) is 0 Å². The maximum Gasteiger partial charge on any atom is 0.253 e. The van der Waals surface area contributed by atoms with Crippen LogP contribution in [0.2, 0.25) is 0 Å². The van der Waals surface area contributed by atoms with Crippen LogP contribution in [0.4, 0.5) is 0 Å². The Balaban J connectivity index is 2.19. The number of sulfonamides is 2. The molecule has 1 aliphatic heterocycles. The van der Waals surface area contributed by atoms with E-state index in [0.717, 1.165) is 21.2 Å². The fourth-order valence-corrected chi connectivity index (χ4v) is 4.80. The minimum Gasteiger partial charge on any atom is -0.274 e. The summed E-state index contributed by atoms with van der Waals surface area (Å²) in [6, 6.07) is 7.77. The van der Waals surface area contributed by atoms with Crippen molar-refractivity contribution in [2.75, 3.05) is 19.1 Å². The van der Waals surface area contributed by atoms with Crippen LogP contribution in [-0.2, 0) is 31.4 Å². The summed E-state index contributed by atoms with van der Waals surface area (Å²) in [5.41, 5.74) is 3.02. The van der Waals surface area contributed by atoms with Gasteiger partial charge in [0.2, 0.25) is 20.0 Å². The molecule has 25 heavy (non-hydrogen) atoms. The third-order valence-electron chi connectivity index (χ3n) is 3.77. The van der Waals surface area contributed by atoms with Crippen LogP contribution in [0.1, 0.15) is 12.0 Å². The first kappa shape index (κ1) is 20.2. The molecule has 1 N–H and O–H groups in total. The first-order valence-corrected chi connectivity index (χ1v) is 11.7. The van der Waals surface area contributed by atoms with E-state index in [9.17, 15) is 21.6 Å². The monoisotopic (exact) mass is 407 g/mol. The Labute approximate surface area is 153 Å². The number of nitrogens with zero attached hydrogens (tertiary/aromatic N) is 2. The molecule has 8 nitrogen and oxygen atoms in total. The van der Waals surface area contributed by atoms with Crippen LogP contribution in [0.25, 0.3) is 0 Å². The molecule has 0 aliphatic carbocycles. The van der Waals surface area contributed by atoms with Crippen molar-refractivity contribution < 1.29 is 21.6 Å². The molecule has 2 rings (SSSR count). The molecule has 1 amide bonds. The van der Waals surface area contributed by atoms with Gasteiger partial charge in [-0.25, -0.2) is 16.8 Å². The lowest BCUT2D eigenvalue weighted by Gasteiger charge is -2.26. The van der Waals surface area contributed by atoms with Gasteiger partial charge in [-0.1, -0.05) is 30.3 Å². The number of benzene rings is 1. The van der Waals surface area contributed by atoms with E-state index < -0.39 is 32.0 Å². The van der Waals surface area contributed by atoms with Gasteiger partial charge in [0.1, 0.15) is 6.04 Å². The number of hydrogen-bond donors (Lipinski definition) is 2. The van der Waals surface area contributed by atoms with Crippen LogP contribution in [-0.4, -0.2) is 61.8 Å². The van der Waals surface area contributed by atoms with Gasteiger partial charge in [-0.05, 0) is 12.0 Å². The summed E-state index contributed by atoms with van der Waals surface area (Å²) in [6.07, 6.45) is 2.20. The summed E-state index contributed by atoms with van der Waals surface area (Å²) < 4.78 is 49.5. The summed E-state index contributed by atoms with van der Waals surface area (Å²) in [4.78, 5) is 12.5. The SMILES string of the molecule is CS(=O)(=O)N(Cc1ccccc1)NC(=O)[C@@H]1C[C@@H](S)CN1S(C)(=O)=O. The zero-order valence-electron chi connectivity index (χ0n) is 13.9. The second-order valence-electron chi connectivity index (χ2n) is 5.97. The van der Waals surface area contributed by atoms with E-state index in [1.54, 1.807) is 30.3 Å². The molecule has 1 saturated heterocycles. The van der Waals surface area contributed by atoms with Crippen molar-refractivity contribution in [3.63, 3.8) is 0 Å². The molecule has 0 saturated carbocycles. The number of nitrogens with one attached hydrogen (secondary N) is 1. The molecule has 0 spiro atoms. The van der Waals surface area contributed by atoms with Gasteiger partial charge >= 0.3 is 0 Å². The molecule has 0 radical (unpaired) electrons. The minimum absolute atomic E-state index is 0.0543. The van der Waals surface area contributed by atoms with Gasteiger partial charge in [0.15, 0.2) is 0 Å². The van der Waals surface area contributed by atoms with Crippen LogP contribution in [0.5, 0.6) is 0 Å². The fourth-order valence-electron chi connectivity index (χ4n) is 2.58. The van der Waals surface area contributed by atoms with Crippen molar-refractivity contribution in [2.45, 2.75) is 24.3 Å². The average Bonchev–Trinajstić information content (AvgIpc) is 2.89. The molecule has 1 aromatic carbocycles. The molecule has 1 aromatic rings. The molecule has 1 heterocycles. The van der Waals surface area contributed by atoms with Crippen LogP contribution in [0.3, 0.4) is 0 Å². The van der Waals surface area contributed by atoms with E-state index in [2.05, 4.69) is 18.1 Å². The van der Waals surface area contributed by atoms with E-state index in [1.807, 2.05) is 0 Å². The summed E-state index contributed by atoms with van der Waals surface area (Å²) in [6.45, 7) is 0.0545. The molecular formula is C14H21N3O5S3. The highest BCUT2D eigenvalue weighted by molar-refractivity contribution is 7.88. The quantitative estimate of drug-likeness (QED) is 0.503. The van der Waals surface area contributed by atoms with E-state index in [0.29, 0.717) is 5.56 Å². The van der Waals surface area contributed by atoms with E-state index in [4.69, 9.17) is 0 Å². The normalized spacial score (nSPS) is 22.2. The summed E-state index contributed by atoms with van der Waals surface area (Å²) in [7, 11) is -7.34. The zero-order chi connectivity index (χ0) is 18.8. The highest BCUT2D eigenvalue weighted by Crippen LogP contribution is 2.24. The standard InChI is InChI=1S/C14H21N3O5S3/c1-24(19,20)16-10-12(23)8-13(16)14(18)15-17(25(2,21)22)9-11-6-4-3-5-7-11/h3-7,12-13,23H,8-10H2,1-2H3,(H,15,18)/t12-,13+/m1/s1. The van der Waals surface area contributed by atoms with Crippen molar-refractivity contribution in [3.05, 3.63) is 35.9 Å². The number of carbonyl (C=O) groups is 1. The Bertz CT molecular complexity index is 827. The van der Waals surface area contributed by atoms with Crippen LogP contribution < -0.4 is 5.43 Å². The van der Waals surface area contributed by atoms with E-state index >= 15 is 0 Å². The molecule has 0 bridgehead atoms. The van der Waals surface area contributed by atoms with Crippen molar-refractivity contribution in [1.29, 1.82) is 0 Å². The Hall–Kier alpha value is -1.14. The van der Waals surface area contributed by atoms with Crippen molar-refractivity contribution in [2.24, 2.45) is 0 Å². The highest BCUT2D eigenvalue weighted by atomic mass is 32.2. The lowest BCUT2D eigenvalue weighted by atomic mass is 10.2. The first-order chi connectivity index (χ1) is 11.5. The molecule has 0 aromatic heterocycles. The third-order valence-corrected chi connectivity index (χ3v) is 6.42. The van der Waals surface area contributed by atoms with Gasteiger partial charge in [-0.3, -0.25) is 10.2 Å². The lowest BCUT2D eigenvalue weighted by molar-refractivity contribution is -0.127. The molecule has 11 heteroatoms. The van der Waals surface area contributed by atoms with Crippen molar-refractivity contribution in [3.8, 4) is 0 Å². The van der Waals surface area contributed by atoms with E-state index in [-0.39, 0.29) is 24.8 Å². The third kappa shape index (κ3) is 5.42. The Morgan fingerprint density at radius 3 is 2.36 bits per heavy atom.